The molecule has 5 nitrogen and oxygen atoms in total. The van der Waals surface area contributed by atoms with Crippen LogP contribution in [0.15, 0.2) is 53.6 Å². The summed E-state index contributed by atoms with van der Waals surface area (Å²) < 4.78 is 11.2. The highest BCUT2D eigenvalue weighted by atomic mass is 35.5. The fourth-order valence-electron chi connectivity index (χ4n) is 2.19. The number of halogens is 1. The van der Waals surface area contributed by atoms with Crippen LogP contribution in [0.5, 0.6) is 5.75 Å². The second-order valence-electron chi connectivity index (χ2n) is 4.85. The summed E-state index contributed by atoms with van der Waals surface area (Å²) in [4.78, 5) is 12.6. The summed E-state index contributed by atoms with van der Waals surface area (Å²) in [6.45, 7) is 2.23. The van der Waals surface area contributed by atoms with Gasteiger partial charge >= 0.3 is 0 Å². The molecule has 1 atom stereocenters. The Bertz CT molecular complexity index is 744. The maximum Gasteiger partial charge on any atom is 0.249 e. The van der Waals surface area contributed by atoms with Crippen LogP contribution in [0, 0.1) is 0 Å². The number of para-hydroxylation sites is 1. The van der Waals surface area contributed by atoms with Gasteiger partial charge in [-0.2, -0.15) is 5.10 Å². The summed E-state index contributed by atoms with van der Waals surface area (Å²) in [5.41, 5.74) is 4.20. The van der Waals surface area contributed by atoms with Crippen molar-refractivity contribution in [2.45, 2.75) is 13.2 Å². The van der Waals surface area contributed by atoms with Crippen LogP contribution < -0.4 is 10.2 Å². The lowest BCUT2D eigenvalue weighted by Crippen LogP contribution is -2.40. The van der Waals surface area contributed by atoms with Crippen LogP contribution in [0.1, 0.15) is 17.3 Å². The Morgan fingerprint density at radius 3 is 2.70 bits per heavy atom. The molecule has 0 saturated carbocycles. The highest BCUT2D eigenvalue weighted by Crippen LogP contribution is 2.26. The molecule has 0 fully saturated rings. The van der Waals surface area contributed by atoms with Crippen molar-refractivity contribution in [2.75, 3.05) is 12.0 Å². The van der Waals surface area contributed by atoms with E-state index in [4.69, 9.17) is 21.1 Å². The van der Waals surface area contributed by atoms with Gasteiger partial charge in [0, 0.05) is 11.6 Å². The number of Topliss-reactive ketones (excluding diaryl/α,β-unsaturated/α-hetero) is 1. The molecule has 0 radical (unpaired) electrons. The van der Waals surface area contributed by atoms with Gasteiger partial charge in [-0.05, 0) is 43.3 Å². The second-order valence-corrected chi connectivity index (χ2v) is 5.28. The number of carbonyl (C=O) groups is 1. The molecule has 0 spiro atoms. The SMILES string of the molecule is CCOC1Oc2ccccc2C(=O)C1=NNc1ccc(Cl)cc1. The Kier molecular flexibility index (Phi) is 4.60. The van der Waals surface area contributed by atoms with Gasteiger partial charge < -0.3 is 9.47 Å². The Labute approximate surface area is 138 Å². The topological polar surface area (TPSA) is 59.9 Å². The molecule has 0 bridgehead atoms. The third-order valence-corrected chi connectivity index (χ3v) is 3.54. The second kappa shape index (κ2) is 6.81. The van der Waals surface area contributed by atoms with Crippen LogP contribution in [0.4, 0.5) is 5.69 Å². The van der Waals surface area contributed by atoms with Gasteiger partial charge in [-0.15, -0.1) is 0 Å². The fourth-order valence-corrected chi connectivity index (χ4v) is 2.32. The summed E-state index contributed by atoms with van der Waals surface area (Å²) in [6, 6.07) is 14.0. The molecule has 1 aliphatic rings. The lowest BCUT2D eigenvalue weighted by Gasteiger charge is -2.25. The lowest BCUT2D eigenvalue weighted by molar-refractivity contribution is -0.0286. The Balaban J connectivity index is 1.89. The highest BCUT2D eigenvalue weighted by molar-refractivity contribution is 6.48. The average Bonchev–Trinajstić information content (AvgIpc) is 2.56. The smallest absolute Gasteiger partial charge is 0.249 e. The van der Waals surface area contributed by atoms with Gasteiger partial charge in [-0.25, -0.2) is 0 Å². The number of benzene rings is 2. The van der Waals surface area contributed by atoms with Crippen molar-refractivity contribution >= 4 is 28.8 Å². The zero-order valence-electron chi connectivity index (χ0n) is 12.5. The number of nitrogens with zero attached hydrogens (tertiary/aromatic N) is 1. The predicted octanol–water partition coefficient (Wildman–Crippen LogP) is 3.75. The highest BCUT2D eigenvalue weighted by Gasteiger charge is 2.34. The summed E-state index contributed by atoms with van der Waals surface area (Å²) >= 11 is 5.85. The van der Waals surface area contributed by atoms with E-state index in [1.54, 1.807) is 42.5 Å². The van der Waals surface area contributed by atoms with Crippen molar-refractivity contribution in [1.29, 1.82) is 0 Å². The van der Waals surface area contributed by atoms with Crippen LogP contribution in [0.3, 0.4) is 0 Å². The van der Waals surface area contributed by atoms with Crippen molar-refractivity contribution in [3.8, 4) is 5.75 Å². The molecule has 0 aliphatic carbocycles. The van der Waals surface area contributed by atoms with Gasteiger partial charge in [0.2, 0.25) is 12.1 Å². The molecule has 2 aromatic rings. The number of fused-ring (bicyclic) bond motifs is 1. The normalized spacial score (nSPS) is 18.4. The molecule has 1 aliphatic heterocycles. The molecule has 118 valence electrons. The molecule has 1 heterocycles. The van der Waals surface area contributed by atoms with E-state index in [-0.39, 0.29) is 11.5 Å². The van der Waals surface area contributed by atoms with Gasteiger partial charge in [0.15, 0.2) is 5.71 Å². The molecular formula is C17H15ClN2O3. The summed E-state index contributed by atoms with van der Waals surface area (Å²) in [6.07, 6.45) is -0.831. The predicted molar refractivity (Wildman–Crippen MR) is 89.3 cm³/mol. The van der Waals surface area contributed by atoms with Crippen molar-refractivity contribution in [2.24, 2.45) is 5.10 Å². The molecule has 0 saturated heterocycles. The van der Waals surface area contributed by atoms with E-state index in [2.05, 4.69) is 10.5 Å². The molecule has 0 aromatic heterocycles. The zero-order valence-corrected chi connectivity index (χ0v) is 13.2. The maximum atomic E-state index is 12.6. The first kappa shape index (κ1) is 15.5. The van der Waals surface area contributed by atoms with E-state index in [9.17, 15) is 4.79 Å². The Morgan fingerprint density at radius 2 is 1.96 bits per heavy atom. The van der Waals surface area contributed by atoms with Gasteiger partial charge in [0.1, 0.15) is 5.75 Å². The number of ketones is 1. The third-order valence-electron chi connectivity index (χ3n) is 3.29. The van der Waals surface area contributed by atoms with E-state index < -0.39 is 6.29 Å². The minimum absolute atomic E-state index is 0.181. The molecule has 1 N–H and O–H groups in total. The molecular weight excluding hydrogens is 316 g/mol. The van der Waals surface area contributed by atoms with E-state index in [0.717, 1.165) is 0 Å². The van der Waals surface area contributed by atoms with Crippen LogP contribution in [-0.2, 0) is 4.74 Å². The zero-order chi connectivity index (χ0) is 16.2. The summed E-state index contributed by atoms with van der Waals surface area (Å²) in [5, 5.41) is 4.81. The standard InChI is InChI=1S/C17H15ClN2O3/c1-2-22-17-15(20-19-12-9-7-11(18)8-10-12)16(21)13-5-3-4-6-14(13)23-17/h3-10,17,19H,2H2,1H3. The molecule has 6 heteroatoms. The number of carbonyl (C=O) groups excluding carboxylic acids is 1. The number of rotatable bonds is 4. The summed E-state index contributed by atoms with van der Waals surface area (Å²) in [7, 11) is 0. The first-order valence-corrected chi connectivity index (χ1v) is 7.58. The van der Waals surface area contributed by atoms with E-state index >= 15 is 0 Å². The Hall–Kier alpha value is -2.37. The number of hydrogen-bond acceptors (Lipinski definition) is 5. The number of hydrazone groups is 1. The number of anilines is 1. The van der Waals surface area contributed by atoms with Crippen molar-refractivity contribution in [3.05, 3.63) is 59.1 Å². The van der Waals surface area contributed by atoms with Crippen LogP contribution in [-0.4, -0.2) is 24.4 Å². The first-order valence-electron chi connectivity index (χ1n) is 7.20. The van der Waals surface area contributed by atoms with Crippen LogP contribution >= 0.6 is 11.6 Å². The molecule has 2 aromatic carbocycles. The van der Waals surface area contributed by atoms with E-state index in [0.29, 0.717) is 28.6 Å². The molecule has 3 rings (SSSR count). The lowest BCUT2D eigenvalue weighted by atomic mass is 10.0. The minimum atomic E-state index is -0.831. The quantitative estimate of drug-likeness (QED) is 0.867. The Morgan fingerprint density at radius 1 is 1.22 bits per heavy atom. The molecule has 23 heavy (non-hydrogen) atoms. The van der Waals surface area contributed by atoms with Crippen molar-refractivity contribution in [1.82, 2.24) is 0 Å². The summed E-state index contributed by atoms with van der Waals surface area (Å²) in [5.74, 6) is 0.285. The number of nitrogens with one attached hydrogen (secondary N) is 1. The number of hydrogen-bond donors (Lipinski definition) is 1. The molecule has 0 amide bonds. The van der Waals surface area contributed by atoms with Gasteiger partial charge in [-0.1, -0.05) is 23.7 Å². The van der Waals surface area contributed by atoms with Gasteiger partial charge in [0.05, 0.1) is 11.3 Å². The van der Waals surface area contributed by atoms with E-state index in [1.165, 1.54) is 0 Å². The van der Waals surface area contributed by atoms with Gasteiger partial charge in [0.25, 0.3) is 0 Å². The van der Waals surface area contributed by atoms with Gasteiger partial charge in [-0.3, -0.25) is 10.2 Å². The number of ether oxygens (including phenoxy) is 2. The van der Waals surface area contributed by atoms with Crippen LogP contribution in [0.25, 0.3) is 0 Å². The monoisotopic (exact) mass is 330 g/mol. The largest absolute Gasteiger partial charge is 0.458 e. The maximum absolute atomic E-state index is 12.6. The fraction of sp³-hybridized carbons (Fsp3) is 0.176. The van der Waals surface area contributed by atoms with Crippen molar-refractivity contribution in [3.63, 3.8) is 0 Å². The molecule has 1 unspecified atom stereocenters. The average molecular weight is 331 g/mol. The minimum Gasteiger partial charge on any atom is -0.458 e. The van der Waals surface area contributed by atoms with E-state index in [1.807, 2.05) is 13.0 Å². The van der Waals surface area contributed by atoms with Crippen molar-refractivity contribution < 1.29 is 14.3 Å². The van der Waals surface area contributed by atoms with Crippen LogP contribution in [0.2, 0.25) is 5.02 Å². The first-order chi connectivity index (χ1) is 11.2. The third kappa shape index (κ3) is 3.36.